The van der Waals surface area contributed by atoms with E-state index in [1.54, 1.807) is 23.9 Å². The summed E-state index contributed by atoms with van der Waals surface area (Å²) >= 11 is 1.58. The molecule has 5 aromatic rings. The van der Waals surface area contributed by atoms with Crippen molar-refractivity contribution in [2.45, 2.75) is 74.8 Å². The molecular weight excluding hydrogens is 729 g/mol. The molecule has 2 fully saturated rings. The summed E-state index contributed by atoms with van der Waals surface area (Å²) in [6.07, 6.45) is 9.22. The molecule has 14 heteroatoms. The molecule has 0 spiro atoms. The fraction of sp³-hybridized carbons (Fsp3) is 0.357. The Morgan fingerprint density at radius 2 is 1.55 bits per heavy atom. The number of nitrogens with one attached hydrogen (secondary N) is 1. The van der Waals surface area contributed by atoms with Crippen LogP contribution in [0.2, 0.25) is 0 Å². The van der Waals surface area contributed by atoms with E-state index in [0.29, 0.717) is 16.9 Å². The maximum Gasteiger partial charge on any atom is 0.263 e. The number of anilines is 1. The van der Waals surface area contributed by atoms with Gasteiger partial charge in [0, 0.05) is 30.0 Å². The number of para-hydroxylation sites is 1. The smallest absolute Gasteiger partial charge is 0.263 e. The van der Waals surface area contributed by atoms with Crippen LogP contribution in [0.3, 0.4) is 0 Å². The highest BCUT2D eigenvalue weighted by Gasteiger charge is 2.45. The van der Waals surface area contributed by atoms with E-state index < -0.39 is 23.8 Å². The first-order valence-corrected chi connectivity index (χ1v) is 20.4. The summed E-state index contributed by atoms with van der Waals surface area (Å²) in [5.41, 5.74) is 9.57. The Hall–Kier alpha value is -5.60. The lowest BCUT2D eigenvalue weighted by Crippen LogP contribution is -2.54. The average Bonchev–Trinajstić information content (AvgIpc) is 3.72. The van der Waals surface area contributed by atoms with E-state index in [2.05, 4.69) is 24.9 Å². The van der Waals surface area contributed by atoms with Crippen molar-refractivity contribution < 1.29 is 23.9 Å². The molecule has 8 rings (SSSR count). The third-order valence-electron chi connectivity index (χ3n) is 10.8. The van der Waals surface area contributed by atoms with E-state index in [1.165, 1.54) is 6.33 Å². The Balaban J connectivity index is 0.779. The number of nitrogens with two attached hydrogens (primary N) is 1. The molecule has 3 aromatic carbocycles. The van der Waals surface area contributed by atoms with Gasteiger partial charge >= 0.3 is 0 Å². The number of unbranched alkanes of at least 4 members (excludes halogenated alkanes) is 4. The number of ether oxygens (including phenoxy) is 1. The van der Waals surface area contributed by atoms with Crippen LogP contribution in [0.1, 0.15) is 84.5 Å². The number of benzene rings is 3. The van der Waals surface area contributed by atoms with Gasteiger partial charge in [0.2, 0.25) is 11.8 Å². The van der Waals surface area contributed by atoms with E-state index in [4.69, 9.17) is 15.6 Å². The molecule has 0 radical (unpaired) electrons. The average molecular weight is 773 g/mol. The van der Waals surface area contributed by atoms with Crippen molar-refractivity contribution in [1.29, 1.82) is 0 Å². The lowest BCUT2D eigenvalue weighted by Gasteiger charge is -2.32. The first-order chi connectivity index (χ1) is 27.4. The minimum Gasteiger partial charge on any atom is -0.457 e. The van der Waals surface area contributed by atoms with Crippen LogP contribution in [0.5, 0.6) is 11.5 Å². The molecule has 56 heavy (non-hydrogen) atoms. The summed E-state index contributed by atoms with van der Waals surface area (Å²) in [6, 6.07) is 22.1. The van der Waals surface area contributed by atoms with E-state index in [-0.39, 0.29) is 24.8 Å². The Bertz CT molecular complexity index is 2250. The summed E-state index contributed by atoms with van der Waals surface area (Å²) in [6.45, 7) is 3.05. The second-order valence-electron chi connectivity index (χ2n) is 14.5. The van der Waals surface area contributed by atoms with Crippen molar-refractivity contribution in [3.8, 4) is 22.8 Å². The van der Waals surface area contributed by atoms with E-state index in [0.717, 1.165) is 114 Å². The summed E-state index contributed by atoms with van der Waals surface area (Å²) in [7, 11) is 0. The zero-order valence-corrected chi connectivity index (χ0v) is 31.9. The van der Waals surface area contributed by atoms with Crippen molar-refractivity contribution in [3.63, 3.8) is 0 Å². The normalized spacial score (nSPS) is 17.8. The number of hydrogen-bond donors (Lipinski definition) is 2. The van der Waals surface area contributed by atoms with Crippen molar-refractivity contribution in [2.75, 3.05) is 31.1 Å². The van der Waals surface area contributed by atoms with Gasteiger partial charge in [-0.05, 0) is 92.9 Å². The van der Waals surface area contributed by atoms with Crippen LogP contribution in [-0.2, 0) is 9.59 Å². The van der Waals surface area contributed by atoms with Crippen LogP contribution in [0.15, 0.2) is 84.0 Å². The molecule has 0 bridgehead atoms. The van der Waals surface area contributed by atoms with Crippen LogP contribution in [0.4, 0.5) is 5.82 Å². The number of rotatable bonds is 14. The molecule has 3 aliphatic heterocycles. The Kier molecular flexibility index (Phi) is 11.1. The molecule has 1 atom stereocenters. The van der Waals surface area contributed by atoms with Crippen molar-refractivity contribution >= 4 is 52.2 Å². The fourth-order valence-electron chi connectivity index (χ4n) is 7.90. The number of hydrogen-bond acceptors (Lipinski definition) is 11. The maximum absolute atomic E-state index is 13.4. The standard InChI is InChI=1S/C42H44N8O5S/c43-38-36-37(27-14-16-30(17-15-27)55-29-10-5-4-6-11-29)47-50(39(36)45-26-44-38)28-20-23-48(24-21-28)22-7-2-1-3-8-25-56-33-13-9-12-31-35(33)42(54)49(41(31)53)32-18-19-34(51)46-40(32)52/h4-6,9-17,26,28,32H,1-3,7-8,18-25H2,(H2,43,44,45)(H,46,51,52). The third-order valence-corrected chi connectivity index (χ3v) is 12.0. The zero-order valence-electron chi connectivity index (χ0n) is 31.1. The lowest BCUT2D eigenvalue weighted by atomic mass is 10.0. The molecule has 2 aromatic heterocycles. The van der Waals surface area contributed by atoms with Gasteiger partial charge in [-0.25, -0.2) is 14.6 Å². The molecule has 2 saturated heterocycles. The van der Waals surface area contributed by atoms with Crippen LogP contribution >= 0.6 is 11.8 Å². The molecule has 5 heterocycles. The monoisotopic (exact) mass is 772 g/mol. The number of imide groups is 2. The topological polar surface area (TPSA) is 166 Å². The molecule has 3 aliphatic rings. The third kappa shape index (κ3) is 7.76. The number of fused-ring (bicyclic) bond motifs is 2. The quantitative estimate of drug-likeness (QED) is 0.0705. The number of piperidine rings is 2. The van der Waals surface area contributed by atoms with Crippen LogP contribution in [0, 0.1) is 0 Å². The fourth-order valence-corrected chi connectivity index (χ4v) is 8.98. The van der Waals surface area contributed by atoms with Gasteiger partial charge in [0.1, 0.15) is 35.4 Å². The highest BCUT2D eigenvalue weighted by molar-refractivity contribution is 7.99. The molecule has 0 aliphatic carbocycles. The van der Waals surface area contributed by atoms with Crippen molar-refractivity contribution in [2.24, 2.45) is 0 Å². The molecule has 1 unspecified atom stereocenters. The second kappa shape index (κ2) is 16.6. The van der Waals surface area contributed by atoms with Gasteiger partial charge in [-0.3, -0.25) is 29.4 Å². The summed E-state index contributed by atoms with van der Waals surface area (Å²) in [5.74, 6) is 0.872. The minimum absolute atomic E-state index is 0.102. The lowest BCUT2D eigenvalue weighted by molar-refractivity contribution is -0.136. The number of amides is 4. The number of nitrogens with zero attached hydrogens (tertiary/aromatic N) is 6. The number of nitrogen functional groups attached to an aromatic ring is 1. The van der Waals surface area contributed by atoms with E-state index >= 15 is 0 Å². The predicted octanol–water partition coefficient (Wildman–Crippen LogP) is 6.65. The van der Waals surface area contributed by atoms with Gasteiger partial charge in [0.15, 0.2) is 5.65 Å². The number of likely N-dealkylation sites (tertiary alicyclic amines) is 1. The first-order valence-electron chi connectivity index (χ1n) is 19.4. The SMILES string of the molecule is Nc1ncnc2c1c(-c1ccc(Oc3ccccc3)cc1)nn2C1CCN(CCCCCCCSc2cccc3c2C(=O)N(C2CCC(=O)NC2=O)C3=O)CC1. The van der Waals surface area contributed by atoms with Crippen molar-refractivity contribution in [3.05, 3.63) is 90.3 Å². The van der Waals surface area contributed by atoms with Crippen LogP contribution in [0.25, 0.3) is 22.3 Å². The zero-order chi connectivity index (χ0) is 38.6. The van der Waals surface area contributed by atoms with Crippen molar-refractivity contribution in [1.82, 2.24) is 34.9 Å². The number of carbonyl (C=O) groups excluding carboxylic acids is 4. The molecule has 288 valence electrons. The maximum atomic E-state index is 13.4. The van der Waals surface area contributed by atoms with Gasteiger partial charge < -0.3 is 15.4 Å². The largest absolute Gasteiger partial charge is 0.457 e. The molecular formula is C42H44N8O5S. The summed E-state index contributed by atoms with van der Waals surface area (Å²) < 4.78 is 8.04. The Morgan fingerprint density at radius 3 is 2.34 bits per heavy atom. The summed E-state index contributed by atoms with van der Waals surface area (Å²) in [4.78, 5) is 63.8. The van der Waals surface area contributed by atoms with Gasteiger partial charge in [0.05, 0.1) is 22.6 Å². The molecule has 13 nitrogen and oxygen atoms in total. The highest BCUT2D eigenvalue weighted by atomic mass is 32.2. The van der Waals surface area contributed by atoms with E-state index in [9.17, 15) is 19.2 Å². The van der Waals surface area contributed by atoms with Gasteiger partial charge in [-0.2, -0.15) is 5.10 Å². The summed E-state index contributed by atoms with van der Waals surface area (Å²) in [5, 5.41) is 8.11. The number of thioether (sulfide) groups is 1. The highest BCUT2D eigenvalue weighted by Crippen LogP contribution is 2.37. The number of carbonyl (C=O) groups is 4. The minimum atomic E-state index is -0.958. The predicted molar refractivity (Wildman–Crippen MR) is 213 cm³/mol. The van der Waals surface area contributed by atoms with Crippen LogP contribution in [-0.4, -0.2) is 84.6 Å². The van der Waals surface area contributed by atoms with E-state index in [1.807, 2.05) is 60.7 Å². The Morgan fingerprint density at radius 1 is 0.804 bits per heavy atom. The van der Waals surface area contributed by atoms with Gasteiger partial charge in [0.25, 0.3) is 11.8 Å². The number of aromatic nitrogens is 4. The van der Waals surface area contributed by atoms with Gasteiger partial charge in [-0.15, -0.1) is 11.8 Å². The molecule has 4 amide bonds. The molecule has 0 saturated carbocycles. The second-order valence-corrected chi connectivity index (χ2v) is 15.6. The first kappa shape index (κ1) is 37.3. The van der Waals surface area contributed by atoms with Crippen LogP contribution < -0.4 is 15.8 Å². The molecule has 3 N–H and O–H groups in total. The van der Waals surface area contributed by atoms with Gasteiger partial charge in [-0.1, -0.05) is 43.5 Å². The Labute approximate surface area is 329 Å².